The number of rotatable bonds is 6. The van der Waals surface area contributed by atoms with Gasteiger partial charge in [0, 0.05) is 0 Å². The Bertz CT molecular complexity index is 569. The summed E-state index contributed by atoms with van der Waals surface area (Å²) in [5.41, 5.74) is 5.89. The molecule has 1 unspecified atom stereocenters. The second kappa shape index (κ2) is 5.87. The SMILES string of the molecule is COc1cc(CC(N)C(=O)O)ccc1OS(=O)(=O)O. The summed E-state index contributed by atoms with van der Waals surface area (Å²) in [5.74, 6) is -1.33. The molecule has 9 heteroatoms. The Hall–Kier alpha value is -1.84. The fourth-order valence-corrected chi connectivity index (χ4v) is 1.73. The van der Waals surface area contributed by atoms with E-state index in [-0.39, 0.29) is 17.9 Å². The summed E-state index contributed by atoms with van der Waals surface area (Å²) in [6.45, 7) is 0. The molecule has 1 atom stereocenters. The van der Waals surface area contributed by atoms with Crippen molar-refractivity contribution in [3.8, 4) is 11.5 Å². The van der Waals surface area contributed by atoms with Gasteiger partial charge in [-0.2, -0.15) is 8.42 Å². The number of nitrogens with two attached hydrogens (primary N) is 1. The zero-order valence-corrected chi connectivity index (χ0v) is 10.8. The van der Waals surface area contributed by atoms with Crippen molar-refractivity contribution in [2.24, 2.45) is 5.73 Å². The maximum atomic E-state index is 10.6. The van der Waals surface area contributed by atoms with Gasteiger partial charge in [-0.3, -0.25) is 9.35 Å². The molecular formula is C10H13NO7S. The van der Waals surface area contributed by atoms with Crippen LogP contribution in [0.4, 0.5) is 0 Å². The van der Waals surface area contributed by atoms with Gasteiger partial charge in [-0.05, 0) is 24.1 Å². The Labute approximate surface area is 109 Å². The number of hydrogen-bond donors (Lipinski definition) is 3. The summed E-state index contributed by atoms with van der Waals surface area (Å²) in [5, 5.41) is 8.68. The Balaban J connectivity index is 2.99. The quantitative estimate of drug-likeness (QED) is 0.614. The smallest absolute Gasteiger partial charge is 0.446 e. The van der Waals surface area contributed by atoms with Crippen LogP contribution in [0.15, 0.2) is 18.2 Å². The van der Waals surface area contributed by atoms with Crippen molar-refractivity contribution in [1.82, 2.24) is 0 Å². The van der Waals surface area contributed by atoms with Gasteiger partial charge < -0.3 is 19.8 Å². The lowest BCUT2D eigenvalue weighted by molar-refractivity contribution is -0.138. The standard InChI is InChI=1S/C10H13NO7S/c1-17-9-5-6(4-7(11)10(12)13)2-3-8(9)18-19(14,15)16/h2-3,5,7H,4,11H2,1H3,(H,12,13)(H,14,15,16). The van der Waals surface area contributed by atoms with Crippen LogP contribution >= 0.6 is 0 Å². The summed E-state index contributed by atoms with van der Waals surface area (Å²) < 4.78 is 38.9. The van der Waals surface area contributed by atoms with Crippen LogP contribution in [0.2, 0.25) is 0 Å². The van der Waals surface area contributed by atoms with E-state index in [4.69, 9.17) is 20.1 Å². The minimum absolute atomic E-state index is 0.0349. The highest BCUT2D eigenvalue weighted by Gasteiger charge is 2.16. The van der Waals surface area contributed by atoms with Crippen LogP contribution < -0.4 is 14.7 Å². The normalized spacial score (nSPS) is 12.8. The molecule has 0 aromatic heterocycles. The molecule has 1 aromatic carbocycles. The molecular weight excluding hydrogens is 278 g/mol. The van der Waals surface area contributed by atoms with E-state index in [0.29, 0.717) is 5.56 Å². The van der Waals surface area contributed by atoms with E-state index in [1.807, 2.05) is 0 Å². The van der Waals surface area contributed by atoms with Gasteiger partial charge in [0.1, 0.15) is 6.04 Å². The molecule has 1 rings (SSSR count). The highest BCUT2D eigenvalue weighted by molar-refractivity contribution is 7.81. The summed E-state index contributed by atoms with van der Waals surface area (Å²) in [7, 11) is -3.39. The van der Waals surface area contributed by atoms with Crippen molar-refractivity contribution in [3.63, 3.8) is 0 Å². The van der Waals surface area contributed by atoms with Crippen LogP contribution in [0, 0.1) is 0 Å². The molecule has 0 aliphatic carbocycles. The highest BCUT2D eigenvalue weighted by atomic mass is 32.3. The maximum Gasteiger partial charge on any atom is 0.446 e. The number of ether oxygens (including phenoxy) is 1. The van der Waals surface area contributed by atoms with Gasteiger partial charge in [0.05, 0.1) is 7.11 Å². The molecule has 0 heterocycles. The molecule has 0 saturated heterocycles. The third kappa shape index (κ3) is 4.73. The van der Waals surface area contributed by atoms with Gasteiger partial charge in [-0.15, -0.1) is 0 Å². The third-order valence-electron chi connectivity index (χ3n) is 2.20. The molecule has 106 valence electrons. The zero-order valence-electron chi connectivity index (χ0n) is 9.94. The van der Waals surface area contributed by atoms with Crippen LogP contribution in [-0.2, 0) is 21.6 Å². The lowest BCUT2D eigenvalue weighted by atomic mass is 10.1. The zero-order chi connectivity index (χ0) is 14.6. The van der Waals surface area contributed by atoms with Crippen molar-refractivity contribution in [3.05, 3.63) is 23.8 Å². The van der Waals surface area contributed by atoms with Crippen LogP contribution in [0.1, 0.15) is 5.56 Å². The summed E-state index contributed by atoms with van der Waals surface area (Å²) in [6.07, 6.45) is 0.0395. The molecule has 8 nitrogen and oxygen atoms in total. The Morgan fingerprint density at radius 1 is 1.42 bits per heavy atom. The average molecular weight is 291 g/mol. The van der Waals surface area contributed by atoms with Gasteiger partial charge in [0.15, 0.2) is 11.5 Å². The van der Waals surface area contributed by atoms with Crippen LogP contribution in [0.3, 0.4) is 0 Å². The van der Waals surface area contributed by atoms with Crippen LogP contribution in [0.5, 0.6) is 11.5 Å². The summed E-state index contributed by atoms with van der Waals surface area (Å²) in [6, 6.07) is 2.95. The van der Waals surface area contributed by atoms with Crippen molar-refractivity contribution in [2.45, 2.75) is 12.5 Å². The predicted octanol–water partition coefficient (Wildman–Crippen LogP) is -0.169. The predicted molar refractivity (Wildman–Crippen MR) is 64.5 cm³/mol. The fourth-order valence-electron chi connectivity index (χ4n) is 1.36. The first kappa shape index (κ1) is 15.2. The second-order valence-electron chi connectivity index (χ2n) is 3.65. The molecule has 0 bridgehead atoms. The number of benzene rings is 1. The van der Waals surface area contributed by atoms with Crippen molar-refractivity contribution in [1.29, 1.82) is 0 Å². The van der Waals surface area contributed by atoms with Gasteiger partial charge in [0.2, 0.25) is 0 Å². The molecule has 19 heavy (non-hydrogen) atoms. The molecule has 0 aliphatic heterocycles. The fraction of sp³-hybridized carbons (Fsp3) is 0.300. The molecule has 1 aromatic rings. The monoisotopic (exact) mass is 291 g/mol. The number of carboxylic acid groups (broad SMARTS) is 1. The Morgan fingerprint density at radius 3 is 2.53 bits per heavy atom. The minimum atomic E-state index is -4.66. The minimum Gasteiger partial charge on any atom is -0.493 e. The first-order valence-electron chi connectivity index (χ1n) is 5.05. The molecule has 4 N–H and O–H groups in total. The van der Waals surface area contributed by atoms with Gasteiger partial charge in [0.25, 0.3) is 0 Å². The number of hydrogen-bond acceptors (Lipinski definition) is 6. The molecule has 0 amide bonds. The van der Waals surface area contributed by atoms with Crippen LogP contribution in [-0.4, -0.2) is 37.2 Å². The first-order chi connectivity index (χ1) is 8.73. The van der Waals surface area contributed by atoms with Crippen molar-refractivity contribution < 1.29 is 31.8 Å². The highest BCUT2D eigenvalue weighted by Crippen LogP contribution is 2.29. The summed E-state index contributed by atoms with van der Waals surface area (Å²) in [4.78, 5) is 10.6. The van der Waals surface area contributed by atoms with E-state index in [2.05, 4.69) is 4.18 Å². The number of methoxy groups -OCH3 is 1. The van der Waals surface area contributed by atoms with E-state index in [1.54, 1.807) is 0 Å². The van der Waals surface area contributed by atoms with Gasteiger partial charge in [-0.1, -0.05) is 6.07 Å². The van der Waals surface area contributed by atoms with E-state index in [0.717, 1.165) is 0 Å². The number of carbonyl (C=O) groups is 1. The van der Waals surface area contributed by atoms with Crippen molar-refractivity contribution >= 4 is 16.4 Å². The Morgan fingerprint density at radius 2 is 2.05 bits per heavy atom. The molecule has 0 radical (unpaired) electrons. The average Bonchev–Trinajstić information content (AvgIpc) is 2.29. The van der Waals surface area contributed by atoms with Crippen LogP contribution in [0.25, 0.3) is 0 Å². The third-order valence-corrected chi connectivity index (χ3v) is 2.59. The van der Waals surface area contributed by atoms with E-state index < -0.39 is 22.4 Å². The maximum absolute atomic E-state index is 10.6. The summed E-state index contributed by atoms with van der Waals surface area (Å²) >= 11 is 0. The lowest BCUT2D eigenvalue weighted by Gasteiger charge is -2.11. The largest absolute Gasteiger partial charge is 0.493 e. The van der Waals surface area contributed by atoms with E-state index >= 15 is 0 Å². The topological polar surface area (TPSA) is 136 Å². The van der Waals surface area contributed by atoms with Gasteiger partial charge in [-0.25, -0.2) is 0 Å². The molecule has 0 aliphatic rings. The molecule has 0 spiro atoms. The van der Waals surface area contributed by atoms with E-state index in [9.17, 15) is 13.2 Å². The number of aliphatic carboxylic acids is 1. The van der Waals surface area contributed by atoms with Crippen molar-refractivity contribution in [2.75, 3.05) is 7.11 Å². The molecule has 0 saturated carbocycles. The van der Waals surface area contributed by atoms with E-state index in [1.165, 1.54) is 25.3 Å². The number of carboxylic acids is 1. The van der Waals surface area contributed by atoms with Gasteiger partial charge >= 0.3 is 16.4 Å². The Kier molecular flexibility index (Phi) is 4.70. The second-order valence-corrected chi connectivity index (χ2v) is 4.67. The molecule has 0 fully saturated rings. The first-order valence-corrected chi connectivity index (χ1v) is 6.41. The lowest BCUT2D eigenvalue weighted by Crippen LogP contribution is -2.32.